The molecule has 0 spiro atoms. The summed E-state index contributed by atoms with van der Waals surface area (Å²) in [5.41, 5.74) is 0. The lowest BCUT2D eigenvalue weighted by Gasteiger charge is -2.24. The van der Waals surface area contributed by atoms with Gasteiger partial charge in [-0.1, -0.05) is 0 Å². The predicted molar refractivity (Wildman–Crippen MR) is 82.8 cm³/mol. The second-order valence-electron chi connectivity index (χ2n) is 4.90. The number of aliphatic imine (C=N–C) groups is 1. The lowest BCUT2D eigenvalue weighted by molar-refractivity contribution is -0.119. The number of nitrogens with one attached hydrogen (secondary N) is 3. The number of carbonyl (C=O) groups is 1. The predicted octanol–water partition coefficient (Wildman–Crippen LogP) is 0.963. The highest BCUT2D eigenvalue weighted by atomic mass is 32.2. The van der Waals surface area contributed by atoms with E-state index in [9.17, 15) is 4.79 Å². The van der Waals surface area contributed by atoms with Crippen molar-refractivity contribution >= 4 is 23.6 Å². The molecule has 1 heterocycles. The largest absolute Gasteiger partial charge is 0.357 e. The summed E-state index contributed by atoms with van der Waals surface area (Å²) in [7, 11) is 0. The van der Waals surface area contributed by atoms with Gasteiger partial charge in [0.25, 0.3) is 0 Å². The first-order valence-corrected chi connectivity index (χ1v) is 8.01. The summed E-state index contributed by atoms with van der Waals surface area (Å²) in [5, 5.41) is 9.25. The zero-order valence-corrected chi connectivity index (χ0v) is 13.0. The molecule has 0 aliphatic carbocycles. The second-order valence-corrected chi connectivity index (χ2v) is 6.59. The Kier molecular flexibility index (Phi) is 7.05. The first-order chi connectivity index (χ1) is 9.09. The van der Waals surface area contributed by atoms with E-state index in [1.807, 2.05) is 25.6 Å². The molecule has 1 amide bonds. The fourth-order valence-electron chi connectivity index (χ4n) is 1.99. The molecule has 0 saturated carbocycles. The van der Waals surface area contributed by atoms with Crippen LogP contribution in [0.4, 0.5) is 0 Å². The number of hydrogen-bond acceptors (Lipinski definition) is 3. The summed E-state index contributed by atoms with van der Waals surface area (Å²) in [6.07, 6.45) is 2.52. The molecule has 110 valence electrons. The van der Waals surface area contributed by atoms with Gasteiger partial charge in [-0.15, -0.1) is 0 Å². The Labute approximate surface area is 120 Å². The smallest absolute Gasteiger partial charge is 0.241 e. The number of guanidine groups is 1. The van der Waals surface area contributed by atoms with Crippen molar-refractivity contribution in [3.8, 4) is 0 Å². The van der Waals surface area contributed by atoms with E-state index in [2.05, 4.69) is 27.9 Å². The van der Waals surface area contributed by atoms with Gasteiger partial charge in [-0.05, 0) is 39.4 Å². The zero-order valence-electron chi connectivity index (χ0n) is 12.2. The van der Waals surface area contributed by atoms with E-state index in [1.165, 1.54) is 18.6 Å². The Balaban J connectivity index is 2.42. The van der Waals surface area contributed by atoms with Crippen molar-refractivity contribution in [1.82, 2.24) is 16.0 Å². The van der Waals surface area contributed by atoms with Gasteiger partial charge in [-0.3, -0.25) is 4.79 Å². The first kappa shape index (κ1) is 16.1. The maximum Gasteiger partial charge on any atom is 0.241 e. The van der Waals surface area contributed by atoms with Crippen molar-refractivity contribution < 1.29 is 4.79 Å². The Bertz CT molecular complexity index is 314. The highest BCUT2D eigenvalue weighted by Gasteiger charge is 2.29. The molecule has 1 aliphatic heterocycles. The van der Waals surface area contributed by atoms with Gasteiger partial charge < -0.3 is 16.0 Å². The molecule has 0 radical (unpaired) electrons. The quantitative estimate of drug-likeness (QED) is 0.503. The van der Waals surface area contributed by atoms with Gasteiger partial charge in [0.2, 0.25) is 5.91 Å². The fourth-order valence-corrected chi connectivity index (χ4v) is 3.24. The summed E-state index contributed by atoms with van der Waals surface area (Å²) in [6.45, 7) is 8.72. The summed E-state index contributed by atoms with van der Waals surface area (Å²) >= 11 is 2.01. The van der Waals surface area contributed by atoms with E-state index in [0.29, 0.717) is 11.3 Å². The number of amides is 1. The average molecular weight is 286 g/mol. The molecule has 0 bridgehead atoms. The summed E-state index contributed by atoms with van der Waals surface area (Å²) in [4.78, 5) is 15.7. The molecule has 1 atom stereocenters. The third-order valence-corrected chi connectivity index (χ3v) is 4.57. The number of hydrogen-bond donors (Lipinski definition) is 3. The summed E-state index contributed by atoms with van der Waals surface area (Å²) in [5.74, 6) is 1.92. The van der Waals surface area contributed by atoms with E-state index in [1.54, 1.807) is 0 Å². The molecule has 0 aromatic carbocycles. The third kappa shape index (κ3) is 6.18. The lowest BCUT2D eigenvalue weighted by atomic mass is 10.1. The van der Waals surface area contributed by atoms with Crippen LogP contribution in [-0.2, 0) is 4.79 Å². The van der Waals surface area contributed by atoms with Crippen LogP contribution in [0.2, 0.25) is 0 Å². The van der Waals surface area contributed by atoms with Crippen molar-refractivity contribution in [1.29, 1.82) is 0 Å². The Morgan fingerprint density at radius 2 is 2.00 bits per heavy atom. The van der Waals surface area contributed by atoms with E-state index >= 15 is 0 Å². The average Bonchev–Trinajstić information content (AvgIpc) is 2.81. The van der Waals surface area contributed by atoms with Gasteiger partial charge in [0, 0.05) is 24.4 Å². The molecule has 0 aromatic heterocycles. The Hall–Kier alpha value is -0.910. The van der Waals surface area contributed by atoms with Gasteiger partial charge in [0.15, 0.2) is 5.96 Å². The minimum Gasteiger partial charge on any atom is -0.357 e. The SMILES string of the molecule is CCNC(=O)CN=C(NCC)NCC1(C)CCCS1. The van der Waals surface area contributed by atoms with E-state index in [0.717, 1.165) is 19.0 Å². The monoisotopic (exact) mass is 286 g/mol. The second kappa shape index (κ2) is 8.30. The molecule has 5 nitrogen and oxygen atoms in total. The van der Waals surface area contributed by atoms with Crippen LogP contribution in [0.5, 0.6) is 0 Å². The highest BCUT2D eigenvalue weighted by molar-refractivity contribution is 8.00. The van der Waals surface area contributed by atoms with Gasteiger partial charge >= 0.3 is 0 Å². The van der Waals surface area contributed by atoms with Crippen LogP contribution in [0.25, 0.3) is 0 Å². The Morgan fingerprint density at radius 1 is 1.26 bits per heavy atom. The maximum atomic E-state index is 11.4. The van der Waals surface area contributed by atoms with E-state index in [4.69, 9.17) is 0 Å². The van der Waals surface area contributed by atoms with Crippen LogP contribution in [0.15, 0.2) is 4.99 Å². The van der Waals surface area contributed by atoms with Crippen molar-refractivity contribution in [2.75, 3.05) is 31.9 Å². The van der Waals surface area contributed by atoms with Gasteiger partial charge in [0.05, 0.1) is 0 Å². The van der Waals surface area contributed by atoms with E-state index < -0.39 is 0 Å². The van der Waals surface area contributed by atoms with E-state index in [-0.39, 0.29) is 12.5 Å². The number of carbonyl (C=O) groups excluding carboxylic acids is 1. The summed E-state index contributed by atoms with van der Waals surface area (Å²) in [6, 6.07) is 0. The first-order valence-electron chi connectivity index (χ1n) is 7.02. The van der Waals surface area contributed by atoms with Crippen LogP contribution >= 0.6 is 11.8 Å². The number of thioether (sulfide) groups is 1. The van der Waals surface area contributed by atoms with Crippen LogP contribution < -0.4 is 16.0 Å². The molecule has 3 N–H and O–H groups in total. The molecule has 1 saturated heterocycles. The lowest BCUT2D eigenvalue weighted by Crippen LogP contribution is -2.44. The number of nitrogens with zero attached hydrogens (tertiary/aromatic N) is 1. The normalized spacial score (nSPS) is 23.2. The standard InChI is InChI=1S/C13H26N4OS/c1-4-14-11(18)9-16-12(15-5-2)17-10-13(3)7-6-8-19-13/h4-10H2,1-3H3,(H,14,18)(H2,15,16,17). The van der Waals surface area contributed by atoms with Crippen LogP contribution in [0.3, 0.4) is 0 Å². The minimum absolute atomic E-state index is 0.0406. The molecular weight excluding hydrogens is 260 g/mol. The molecule has 1 fully saturated rings. The minimum atomic E-state index is -0.0406. The van der Waals surface area contributed by atoms with Gasteiger partial charge in [-0.25, -0.2) is 4.99 Å². The van der Waals surface area contributed by atoms with Crippen LogP contribution in [-0.4, -0.2) is 48.5 Å². The highest BCUT2D eigenvalue weighted by Crippen LogP contribution is 2.36. The molecule has 0 aromatic rings. The van der Waals surface area contributed by atoms with Gasteiger partial charge in [0.1, 0.15) is 6.54 Å². The third-order valence-electron chi connectivity index (χ3n) is 3.03. The molecule has 1 rings (SSSR count). The molecule has 19 heavy (non-hydrogen) atoms. The van der Waals surface area contributed by atoms with Crippen molar-refractivity contribution in [3.63, 3.8) is 0 Å². The Morgan fingerprint density at radius 3 is 2.58 bits per heavy atom. The summed E-state index contributed by atoms with van der Waals surface area (Å²) < 4.78 is 0.294. The molecular formula is C13H26N4OS. The maximum absolute atomic E-state index is 11.4. The van der Waals surface area contributed by atoms with Crippen molar-refractivity contribution in [3.05, 3.63) is 0 Å². The number of likely N-dealkylation sites (N-methyl/N-ethyl adjacent to an activating group) is 1. The molecule has 6 heteroatoms. The zero-order chi connectivity index (χ0) is 14.1. The topological polar surface area (TPSA) is 65.5 Å². The molecule has 1 aliphatic rings. The van der Waals surface area contributed by atoms with Crippen LogP contribution in [0, 0.1) is 0 Å². The van der Waals surface area contributed by atoms with Crippen LogP contribution in [0.1, 0.15) is 33.6 Å². The van der Waals surface area contributed by atoms with Gasteiger partial charge in [-0.2, -0.15) is 11.8 Å². The van der Waals surface area contributed by atoms with Crippen molar-refractivity contribution in [2.24, 2.45) is 4.99 Å². The fraction of sp³-hybridized carbons (Fsp3) is 0.846. The number of rotatable bonds is 6. The van der Waals surface area contributed by atoms with Crippen molar-refractivity contribution in [2.45, 2.75) is 38.4 Å². The molecule has 1 unspecified atom stereocenters.